The van der Waals surface area contributed by atoms with E-state index in [0.717, 1.165) is 22.6 Å². The number of aryl methyl sites for hydroxylation is 1. The van der Waals surface area contributed by atoms with Crippen LogP contribution in [0.25, 0.3) is 0 Å². The van der Waals surface area contributed by atoms with Crippen molar-refractivity contribution < 1.29 is 22.8 Å². The quantitative estimate of drug-likeness (QED) is 0.618. The van der Waals surface area contributed by atoms with E-state index in [1.807, 2.05) is 39.8 Å². The second kappa shape index (κ2) is 9.15. The number of benzene rings is 1. The number of methoxy groups -OCH3 is 2. The maximum Gasteiger partial charge on any atom is 0.505 e. The van der Waals surface area contributed by atoms with E-state index in [1.54, 1.807) is 14.2 Å². The van der Waals surface area contributed by atoms with Gasteiger partial charge in [-0.25, -0.2) is 0 Å². The average Bonchev–Trinajstić information content (AvgIpc) is 2.49. The zero-order valence-electron chi connectivity index (χ0n) is 14.5. The van der Waals surface area contributed by atoms with Crippen LogP contribution in [-0.4, -0.2) is 42.8 Å². The fourth-order valence-corrected chi connectivity index (χ4v) is 5.10. The van der Waals surface area contributed by atoms with Gasteiger partial charge in [0.2, 0.25) is 0 Å². The molecule has 1 aromatic carbocycles. The van der Waals surface area contributed by atoms with Crippen molar-refractivity contribution >= 4 is 8.80 Å². The van der Waals surface area contributed by atoms with Gasteiger partial charge in [-0.1, -0.05) is 0 Å². The van der Waals surface area contributed by atoms with Crippen LogP contribution in [0.15, 0.2) is 12.1 Å². The van der Waals surface area contributed by atoms with Gasteiger partial charge >= 0.3 is 8.80 Å². The molecule has 126 valence electrons. The fraction of sp³-hybridized carbons (Fsp3) is 0.625. The van der Waals surface area contributed by atoms with Gasteiger partial charge in [-0.05, 0) is 45.4 Å². The molecule has 0 saturated heterocycles. The lowest BCUT2D eigenvalue weighted by atomic mass is 10.1. The Morgan fingerprint density at radius 1 is 0.818 bits per heavy atom. The normalized spacial score (nSPS) is 11.5. The summed E-state index contributed by atoms with van der Waals surface area (Å²) in [6.45, 7) is 9.48. The molecule has 0 heterocycles. The molecule has 0 amide bonds. The molecular weight excluding hydrogens is 300 g/mol. The maximum absolute atomic E-state index is 5.93. The topological polar surface area (TPSA) is 46.2 Å². The minimum absolute atomic E-state index is 0.523. The Labute approximate surface area is 134 Å². The first-order chi connectivity index (χ1) is 10.6. The van der Waals surface area contributed by atoms with E-state index in [4.69, 9.17) is 22.8 Å². The summed E-state index contributed by atoms with van der Waals surface area (Å²) in [5, 5.41) is 0. The number of ether oxygens (including phenoxy) is 2. The molecule has 1 rings (SSSR count). The highest BCUT2D eigenvalue weighted by atomic mass is 28.4. The van der Waals surface area contributed by atoms with Crippen LogP contribution in [0.1, 0.15) is 31.9 Å². The van der Waals surface area contributed by atoms with Gasteiger partial charge in [0, 0.05) is 25.4 Å². The van der Waals surface area contributed by atoms with Gasteiger partial charge < -0.3 is 22.8 Å². The van der Waals surface area contributed by atoms with Crippen LogP contribution < -0.4 is 9.47 Å². The summed E-state index contributed by atoms with van der Waals surface area (Å²) in [4.78, 5) is 0. The lowest BCUT2D eigenvalue weighted by Gasteiger charge is -2.29. The van der Waals surface area contributed by atoms with Crippen molar-refractivity contribution in [2.24, 2.45) is 0 Å². The first kappa shape index (κ1) is 19.0. The highest BCUT2D eigenvalue weighted by Crippen LogP contribution is 2.34. The molecule has 0 N–H and O–H groups in total. The summed E-state index contributed by atoms with van der Waals surface area (Å²) in [6.07, 6.45) is 0. The Balaban J connectivity index is 3.26. The molecule has 0 aliphatic carbocycles. The second-order valence-corrected chi connectivity index (χ2v) is 7.39. The van der Waals surface area contributed by atoms with E-state index < -0.39 is 8.80 Å². The average molecular weight is 328 g/mol. The Morgan fingerprint density at radius 3 is 1.55 bits per heavy atom. The number of hydrogen-bond acceptors (Lipinski definition) is 5. The molecule has 0 unspecified atom stereocenters. The smallest absolute Gasteiger partial charge is 0.496 e. The number of rotatable bonds is 10. The highest BCUT2D eigenvalue weighted by molar-refractivity contribution is 6.60. The van der Waals surface area contributed by atoms with Crippen LogP contribution in [0, 0.1) is 6.92 Å². The zero-order chi connectivity index (χ0) is 16.6. The molecule has 0 aromatic heterocycles. The minimum Gasteiger partial charge on any atom is -0.496 e. The molecule has 22 heavy (non-hydrogen) atoms. The summed E-state index contributed by atoms with van der Waals surface area (Å²) < 4.78 is 28.8. The Morgan fingerprint density at radius 2 is 1.23 bits per heavy atom. The maximum atomic E-state index is 5.93. The van der Waals surface area contributed by atoms with E-state index in [-0.39, 0.29) is 0 Å². The molecular formula is C16H28O5Si. The summed E-state index contributed by atoms with van der Waals surface area (Å²) in [7, 11) is 0.502. The van der Waals surface area contributed by atoms with Crippen LogP contribution in [0.5, 0.6) is 11.5 Å². The third-order valence-electron chi connectivity index (χ3n) is 3.24. The molecule has 0 aliphatic rings. The lowest BCUT2D eigenvalue weighted by Crippen LogP contribution is -2.48. The minimum atomic E-state index is -2.81. The summed E-state index contributed by atoms with van der Waals surface area (Å²) >= 11 is 0. The van der Waals surface area contributed by atoms with Gasteiger partial charge in [-0.3, -0.25) is 0 Å². The monoisotopic (exact) mass is 328 g/mol. The van der Waals surface area contributed by atoms with E-state index in [9.17, 15) is 0 Å². The molecule has 0 radical (unpaired) electrons. The molecule has 1 aromatic rings. The van der Waals surface area contributed by atoms with Gasteiger partial charge in [-0.15, -0.1) is 0 Å². The van der Waals surface area contributed by atoms with Crippen molar-refractivity contribution in [1.29, 1.82) is 0 Å². The van der Waals surface area contributed by atoms with Crippen LogP contribution in [-0.2, 0) is 19.3 Å². The molecule has 0 aliphatic heterocycles. The van der Waals surface area contributed by atoms with Crippen LogP contribution in [0.2, 0.25) is 0 Å². The third kappa shape index (κ3) is 4.71. The van der Waals surface area contributed by atoms with Crippen molar-refractivity contribution in [2.75, 3.05) is 34.0 Å². The third-order valence-corrected chi connectivity index (χ3v) is 6.21. The van der Waals surface area contributed by atoms with Crippen molar-refractivity contribution in [3.63, 3.8) is 0 Å². The predicted molar refractivity (Wildman–Crippen MR) is 88.6 cm³/mol. The molecule has 5 nitrogen and oxygen atoms in total. The van der Waals surface area contributed by atoms with Crippen molar-refractivity contribution in [1.82, 2.24) is 0 Å². The van der Waals surface area contributed by atoms with Crippen molar-refractivity contribution in [3.8, 4) is 11.5 Å². The molecule has 0 atom stereocenters. The van der Waals surface area contributed by atoms with Gasteiger partial charge in [0.05, 0.1) is 20.3 Å². The first-order valence-electron chi connectivity index (χ1n) is 7.69. The van der Waals surface area contributed by atoms with Crippen molar-refractivity contribution in [3.05, 3.63) is 23.3 Å². The molecule has 0 saturated carbocycles. The number of hydrogen-bond donors (Lipinski definition) is 0. The summed E-state index contributed by atoms with van der Waals surface area (Å²) in [6, 6.07) is 4.50. The van der Waals surface area contributed by atoms with Gasteiger partial charge in [0.25, 0.3) is 0 Å². The molecule has 0 spiro atoms. The van der Waals surface area contributed by atoms with Crippen LogP contribution >= 0.6 is 0 Å². The highest BCUT2D eigenvalue weighted by Gasteiger charge is 2.42. The summed E-state index contributed by atoms with van der Waals surface area (Å²) in [5.74, 6) is 1.54. The van der Waals surface area contributed by atoms with Crippen LogP contribution in [0.4, 0.5) is 0 Å². The molecule has 0 fully saturated rings. The SMILES string of the molecule is CCO[Si](Cc1c(OC)cc(C)cc1OC)(OCC)OCC. The molecule has 0 bridgehead atoms. The predicted octanol–water partition coefficient (Wildman–Crippen LogP) is 3.14. The van der Waals surface area contributed by atoms with Gasteiger partial charge in [-0.2, -0.15) is 0 Å². The standard InChI is InChI=1S/C16H28O5Si/c1-7-19-22(20-8-2,21-9-3)12-14-15(17-5)10-13(4)11-16(14)18-6/h10-11H,7-9,12H2,1-6H3. The van der Waals surface area contributed by atoms with Gasteiger partial charge in [0.15, 0.2) is 0 Å². The first-order valence-corrected chi connectivity index (χ1v) is 9.62. The van der Waals surface area contributed by atoms with E-state index in [1.165, 1.54) is 0 Å². The van der Waals surface area contributed by atoms with Crippen molar-refractivity contribution in [2.45, 2.75) is 33.7 Å². The van der Waals surface area contributed by atoms with E-state index in [2.05, 4.69) is 0 Å². The van der Waals surface area contributed by atoms with Crippen LogP contribution in [0.3, 0.4) is 0 Å². The summed E-state index contributed by atoms with van der Waals surface area (Å²) in [5.41, 5.74) is 2.01. The zero-order valence-corrected chi connectivity index (χ0v) is 15.5. The van der Waals surface area contributed by atoms with Gasteiger partial charge in [0.1, 0.15) is 11.5 Å². The second-order valence-electron chi connectivity index (χ2n) is 4.81. The Kier molecular flexibility index (Phi) is 7.88. The Hall–Kier alpha value is -1.08. The van der Waals surface area contributed by atoms with E-state index >= 15 is 0 Å². The van der Waals surface area contributed by atoms with E-state index in [0.29, 0.717) is 25.9 Å². The molecule has 6 heteroatoms. The lowest BCUT2D eigenvalue weighted by molar-refractivity contribution is 0.0700. The Bertz CT molecular complexity index is 422. The fourth-order valence-electron chi connectivity index (χ4n) is 2.44. The largest absolute Gasteiger partial charge is 0.505 e.